The lowest BCUT2D eigenvalue weighted by Crippen LogP contribution is -2.26. The number of halogens is 1. The molecule has 1 fully saturated rings. The molecular weight excluding hydrogens is 375 g/mol. The molecule has 1 N–H and O–H groups in total. The van der Waals surface area contributed by atoms with Gasteiger partial charge in [-0.1, -0.05) is 30.3 Å². The summed E-state index contributed by atoms with van der Waals surface area (Å²) in [6, 6.07) is 17.0. The summed E-state index contributed by atoms with van der Waals surface area (Å²) >= 11 is 0. The largest absolute Gasteiger partial charge is 0.457 e. The molecule has 1 unspecified atom stereocenters. The highest BCUT2D eigenvalue weighted by molar-refractivity contribution is 5.88. The number of rotatable bonds is 6. The van der Waals surface area contributed by atoms with Gasteiger partial charge in [0, 0.05) is 0 Å². The highest BCUT2D eigenvalue weighted by atomic mass is 19.1. The Hall–Kier alpha value is -3.68. The number of carbonyl (C=O) groups excluding carboxylic acids is 1. The second-order valence-corrected chi connectivity index (χ2v) is 6.48. The fourth-order valence-electron chi connectivity index (χ4n) is 2.93. The van der Waals surface area contributed by atoms with E-state index in [9.17, 15) is 9.18 Å². The van der Waals surface area contributed by atoms with Gasteiger partial charge < -0.3 is 14.8 Å². The SMILES string of the molecule is CC(Nc1ncc(F)c(N2CCOC2=O)n1)c1ccc(Oc2ccccc2)cc1. The summed E-state index contributed by atoms with van der Waals surface area (Å²) in [5.41, 5.74) is 0.973. The van der Waals surface area contributed by atoms with E-state index in [4.69, 9.17) is 9.47 Å². The third-order valence-electron chi connectivity index (χ3n) is 4.45. The monoisotopic (exact) mass is 394 g/mol. The first kappa shape index (κ1) is 18.7. The minimum atomic E-state index is -0.676. The minimum Gasteiger partial charge on any atom is -0.457 e. The maximum atomic E-state index is 14.1. The highest BCUT2D eigenvalue weighted by Crippen LogP contribution is 2.26. The molecule has 0 aliphatic carbocycles. The van der Waals surface area contributed by atoms with E-state index in [2.05, 4.69) is 15.3 Å². The molecule has 2 aromatic carbocycles. The lowest BCUT2D eigenvalue weighted by atomic mass is 10.1. The molecule has 8 heteroatoms. The summed E-state index contributed by atoms with van der Waals surface area (Å²) < 4.78 is 24.7. The molecular formula is C21H19FN4O3. The fraction of sp³-hybridized carbons (Fsp3) is 0.190. The summed E-state index contributed by atoms with van der Waals surface area (Å²) in [6.45, 7) is 2.40. The van der Waals surface area contributed by atoms with Crippen molar-refractivity contribution in [2.24, 2.45) is 0 Å². The first-order valence-corrected chi connectivity index (χ1v) is 9.16. The van der Waals surface area contributed by atoms with Crippen LogP contribution in [0.25, 0.3) is 0 Å². The smallest absolute Gasteiger partial charge is 0.415 e. The number of benzene rings is 2. The summed E-state index contributed by atoms with van der Waals surface area (Å²) in [7, 11) is 0. The lowest BCUT2D eigenvalue weighted by Gasteiger charge is -2.17. The predicted molar refractivity (Wildman–Crippen MR) is 106 cm³/mol. The van der Waals surface area contributed by atoms with Crippen molar-refractivity contribution in [1.29, 1.82) is 0 Å². The summed E-state index contributed by atoms with van der Waals surface area (Å²) in [6.07, 6.45) is 0.426. The van der Waals surface area contributed by atoms with Gasteiger partial charge in [-0.3, -0.25) is 4.90 Å². The Morgan fingerprint density at radius 3 is 2.55 bits per heavy atom. The molecule has 0 radical (unpaired) electrons. The number of para-hydroxylation sites is 1. The van der Waals surface area contributed by atoms with Crippen molar-refractivity contribution in [2.45, 2.75) is 13.0 Å². The van der Waals surface area contributed by atoms with Crippen LogP contribution in [0.1, 0.15) is 18.5 Å². The number of anilines is 2. The molecule has 1 atom stereocenters. The average molecular weight is 394 g/mol. The van der Waals surface area contributed by atoms with Crippen LogP contribution in [-0.4, -0.2) is 29.2 Å². The Morgan fingerprint density at radius 1 is 1.14 bits per heavy atom. The molecule has 1 saturated heterocycles. The molecule has 2 heterocycles. The quantitative estimate of drug-likeness (QED) is 0.662. The number of nitrogens with one attached hydrogen (secondary N) is 1. The van der Waals surface area contributed by atoms with Crippen LogP contribution >= 0.6 is 0 Å². The average Bonchev–Trinajstić information content (AvgIpc) is 3.16. The van der Waals surface area contributed by atoms with E-state index in [0.717, 1.165) is 28.2 Å². The van der Waals surface area contributed by atoms with Gasteiger partial charge in [-0.25, -0.2) is 14.2 Å². The van der Waals surface area contributed by atoms with Crippen LogP contribution < -0.4 is 15.0 Å². The third-order valence-corrected chi connectivity index (χ3v) is 4.45. The Bertz CT molecular complexity index is 999. The number of ether oxygens (including phenoxy) is 2. The van der Waals surface area contributed by atoms with Gasteiger partial charge in [0.15, 0.2) is 11.6 Å². The first-order chi connectivity index (χ1) is 14.1. The molecule has 29 heavy (non-hydrogen) atoms. The summed E-state index contributed by atoms with van der Waals surface area (Å²) in [5, 5.41) is 3.12. The van der Waals surface area contributed by atoms with Crippen molar-refractivity contribution in [3.05, 3.63) is 72.2 Å². The molecule has 1 aliphatic heterocycles. The van der Waals surface area contributed by atoms with Gasteiger partial charge in [0.2, 0.25) is 5.95 Å². The van der Waals surface area contributed by atoms with Crippen LogP contribution in [-0.2, 0) is 4.74 Å². The Balaban J connectivity index is 1.45. The van der Waals surface area contributed by atoms with Crippen molar-refractivity contribution >= 4 is 17.9 Å². The Kier molecular flexibility index (Phi) is 5.24. The predicted octanol–water partition coefficient (Wildman–Crippen LogP) is 4.54. The second kappa shape index (κ2) is 8.14. The number of cyclic esters (lactones) is 1. The van der Waals surface area contributed by atoms with Crippen LogP contribution in [0.3, 0.4) is 0 Å². The zero-order valence-corrected chi connectivity index (χ0v) is 15.7. The number of aromatic nitrogens is 2. The Labute approximate surface area is 167 Å². The zero-order valence-electron chi connectivity index (χ0n) is 15.7. The van der Waals surface area contributed by atoms with E-state index < -0.39 is 11.9 Å². The molecule has 0 bridgehead atoms. The van der Waals surface area contributed by atoms with Gasteiger partial charge >= 0.3 is 6.09 Å². The number of nitrogens with zero attached hydrogens (tertiary/aromatic N) is 3. The third kappa shape index (κ3) is 4.26. The maximum Gasteiger partial charge on any atom is 0.415 e. The normalized spacial score (nSPS) is 14.4. The van der Waals surface area contributed by atoms with Crippen LogP contribution in [0.5, 0.6) is 11.5 Å². The van der Waals surface area contributed by atoms with E-state index in [1.165, 1.54) is 0 Å². The maximum absolute atomic E-state index is 14.1. The van der Waals surface area contributed by atoms with E-state index in [1.807, 2.05) is 61.5 Å². The zero-order chi connectivity index (χ0) is 20.2. The topological polar surface area (TPSA) is 76.6 Å². The molecule has 4 rings (SSSR count). The van der Waals surface area contributed by atoms with E-state index in [0.29, 0.717) is 0 Å². The number of hydrogen-bond acceptors (Lipinski definition) is 6. The first-order valence-electron chi connectivity index (χ1n) is 9.16. The van der Waals surface area contributed by atoms with Crippen molar-refractivity contribution in [2.75, 3.05) is 23.4 Å². The standard InChI is InChI=1S/C21H19FN4O3/c1-14(15-7-9-17(10-8-15)29-16-5-3-2-4-6-16)24-20-23-13-18(22)19(25-20)26-11-12-28-21(26)27/h2-10,13-14H,11-12H2,1H3,(H,23,24,25). The summed E-state index contributed by atoms with van der Waals surface area (Å²) in [5.74, 6) is 0.936. The number of hydrogen-bond donors (Lipinski definition) is 1. The Morgan fingerprint density at radius 2 is 1.86 bits per heavy atom. The number of carbonyl (C=O) groups is 1. The molecule has 1 aromatic heterocycles. The minimum absolute atomic E-state index is 0.0937. The van der Waals surface area contributed by atoms with Gasteiger partial charge in [0.1, 0.15) is 18.1 Å². The van der Waals surface area contributed by atoms with Crippen molar-refractivity contribution in [1.82, 2.24) is 9.97 Å². The molecule has 148 valence electrons. The van der Waals surface area contributed by atoms with Crippen LogP contribution in [0.15, 0.2) is 60.8 Å². The van der Waals surface area contributed by atoms with E-state index >= 15 is 0 Å². The van der Waals surface area contributed by atoms with Gasteiger partial charge in [0.25, 0.3) is 0 Å². The van der Waals surface area contributed by atoms with Crippen molar-refractivity contribution in [3.63, 3.8) is 0 Å². The highest BCUT2D eigenvalue weighted by Gasteiger charge is 2.28. The van der Waals surface area contributed by atoms with Crippen LogP contribution in [0.4, 0.5) is 21.0 Å². The van der Waals surface area contributed by atoms with Crippen LogP contribution in [0.2, 0.25) is 0 Å². The van der Waals surface area contributed by atoms with Gasteiger partial charge in [0.05, 0.1) is 18.8 Å². The van der Waals surface area contributed by atoms with E-state index in [-0.39, 0.29) is 31.0 Å². The van der Waals surface area contributed by atoms with Gasteiger partial charge in [-0.05, 0) is 36.8 Å². The molecule has 3 aromatic rings. The molecule has 7 nitrogen and oxygen atoms in total. The van der Waals surface area contributed by atoms with Gasteiger partial charge in [-0.15, -0.1) is 0 Å². The second-order valence-electron chi connectivity index (χ2n) is 6.48. The lowest BCUT2D eigenvalue weighted by molar-refractivity contribution is 0.181. The molecule has 0 saturated carbocycles. The molecule has 1 aliphatic rings. The van der Waals surface area contributed by atoms with Crippen LogP contribution in [0, 0.1) is 5.82 Å². The van der Waals surface area contributed by atoms with Crippen molar-refractivity contribution < 1.29 is 18.7 Å². The number of amides is 1. The van der Waals surface area contributed by atoms with E-state index in [1.54, 1.807) is 0 Å². The fourth-order valence-corrected chi connectivity index (χ4v) is 2.93. The van der Waals surface area contributed by atoms with Crippen molar-refractivity contribution in [3.8, 4) is 11.5 Å². The summed E-state index contributed by atoms with van der Waals surface area (Å²) in [4.78, 5) is 21.0. The molecule has 0 spiro atoms. The van der Waals surface area contributed by atoms with Gasteiger partial charge in [-0.2, -0.15) is 4.98 Å². The molecule has 1 amide bonds.